The maximum Gasteiger partial charge on any atom is 0.421 e. The quantitative estimate of drug-likeness (QED) is 0.409. The van der Waals surface area contributed by atoms with E-state index in [1.54, 1.807) is 4.72 Å². The van der Waals surface area contributed by atoms with Crippen molar-refractivity contribution in [2.45, 2.75) is 0 Å². The van der Waals surface area contributed by atoms with E-state index >= 15 is 0 Å². The summed E-state index contributed by atoms with van der Waals surface area (Å²) in [6.45, 7) is 1.71. The lowest BCUT2D eigenvalue weighted by Gasteiger charge is -2.33. The summed E-state index contributed by atoms with van der Waals surface area (Å²) in [5.41, 5.74) is 5.26. The standard InChI is InChI=1S/C8H17N5O4S/c1-17-8(14)11-18(15,16)13-4-2-12(3-5-13)6-7(9)10/h2-6H2,1H3,(H3,9,10)(H,11,14). The van der Waals surface area contributed by atoms with Crippen molar-refractivity contribution in [3.63, 3.8) is 0 Å². The van der Waals surface area contributed by atoms with Crippen molar-refractivity contribution in [2.75, 3.05) is 39.8 Å². The van der Waals surface area contributed by atoms with Crippen LogP contribution in [0.4, 0.5) is 4.79 Å². The molecule has 0 unspecified atom stereocenters. The third kappa shape index (κ3) is 4.13. The predicted octanol–water partition coefficient (Wildman–Crippen LogP) is -1.86. The Kier molecular flexibility index (Phi) is 4.87. The molecule has 1 rings (SSSR count). The van der Waals surface area contributed by atoms with Crippen molar-refractivity contribution >= 4 is 22.1 Å². The van der Waals surface area contributed by atoms with Gasteiger partial charge in [-0.1, -0.05) is 0 Å². The van der Waals surface area contributed by atoms with E-state index in [4.69, 9.17) is 11.1 Å². The fraction of sp³-hybridized carbons (Fsp3) is 0.750. The number of nitrogens with zero attached hydrogens (tertiary/aromatic N) is 2. The molecule has 0 aromatic carbocycles. The molecule has 0 aliphatic carbocycles. The minimum absolute atomic E-state index is 0.0407. The molecular weight excluding hydrogens is 262 g/mol. The molecule has 10 heteroatoms. The highest BCUT2D eigenvalue weighted by molar-refractivity contribution is 7.87. The third-order valence-electron chi connectivity index (χ3n) is 2.46. The third-order valence-corrected chi connectivity index (χ3v) is 3.93. The number of nitrogens with one attached hydrogen (secondary N) is 2. The summed E-state index contributed by atoms with van der Waals surface area (Å²) in [4.78, 5) is 12.8. The lowest BCUT2D eigenvalue weighted by molar-refractivity contribution is 0.174. The van der Waals surface area contributed by atoms with Gasteiger partial charge in [0.05, 0.1) is 13.7 Å². The summed E-state index contributed by atoms with van der Waals surface area (Å²) in [5.74, 6) is 0.0407. The Bertz CT molecular complexity index is 415. The van der Waals surface area contributed by atoms with Gasteiger partial charge in [-0.15, -0.1) is 0 Å². The molecule has 0 aromatic rings. The van der Waals surface area contributed by atoms with E-state index in [2.05, 4.69) is 4.74 Å². The van der Waals surface area contributed by atoms with Crippen LogP contribution in [0.25, 0.3) is 0 Å². The molecule has 9 nitrogen and oxygen atoms in total. The number of carbonyl (C=O) groups excluding carboxylic acids is 1. The Balaban J connectivity index is 2.51. The summed E-state index contributed by atoms with van der Waals surface area (Å²) in [6, 6.07) is 0. The highest BCUT2D eigenvalue weighted by Crippen LogP contribution is 2.05. The minimum Gasteiger partial charge on any atom is -0.452 e. The summed E-state index contributed by atoms with van der Waals surface area (Å²) in [6.07, 6.45) is -1.01. The first-order valence-corrected chi connectivity index (χ1v) is 6.70. The van der Waals surface area contributed by atoms with Gasteiger partial charge in [-0.2, -0.15) is 12.7 Å². The average molecular weight is 279 g/mol. The Morgan fingerprint density at radius 1 is 1.39 bits per heavy atom. The molecule has 1 aliphatic heterocycles. The van der Waals surface area contributed by atoms with Crippen LogP contribution in [0.2, 0.25) is 0 Å². The second-order valence-corrected chi connectivity index (χ2v) is 5.47. The Labute approximate surface area is 106 Å². The highest BCUT2D eigenvalue weighted by Gasteiger charge is 2.28. The van der Waals surface area contributed by atoms with E-state index in [1.165, 1.54) is 0 Å². The molecule has 0 saturated carbocycles. The van der Waals surface area contributed by atoms with E-state index in [-0.39, 0.29) is 18.9 Å². The molecule has 1 amide bonds. The molecule has 4 N–H and O–H groups in total. The summed E-state index contributed by atoms with van der Waals surface area (Å²) >= 11 is 0. The topological polar surface area (TPSA) is 129 Å². The number of amides is 1. The van der Waals surface area contributed by atoms with E-state index in [0.717, 1.165) is 11.4 Å². The molecule has 1 saturated heterocycles. The Hall–Kier alpha value is -1.39. The molecule has 0 aromatic heterocycles. The van der Waals surface area contributed by atoms with E-state index < -0.39 is 16.3 Å². The number of rotatable bonds is 4. The van der Waals surface area contributed by atoms with Crippen LogP contribution in [0, 0.1) is 5.41 Å². The smallest absolute Gasteiger partial charge is 0.421 e. The molecule has 0 radical (unpaired) electrons. The number of hydrogen-bond donors (Lipinski definition) is 3. The first-order valence-electron chi connectivity index (χ1n) is 5.26. The number of carbonyl (C=O) groups is 1. The van der Waals surface area contributed by atoms with Crippen LogP contribution in [-0.4, -0.2) is 69.4 Å². The van der Waals surface area contributed by atoms with Gasteiger partial charge in [0.15, 0.2) is 0 Å². The molecule has 0 bridgehead atoms. The second-order valence-electron chi connectivity index (χ2n) is 3.80. The fourth-order valence-electron chi connectivity index (χ4n) is 1.58. The Morgan fingerprint density at radius 3 is 2.39 bits per heavy atom. The van der Waals surface area contributed by atoms with Crippen LogP contribution in [0.5, 0.6) is 0 Å². The second kappa shape index (κ2) is 5.98. The van der Waals surface area contributed by atoms with Crippen LogP contribution in [-0.2, 0) is 14.9 Å². The lowest BCUT2D eigenvalue weighted by atomic mass is 10.3. The maximum atomic E-state index is 11.7. The van der Waals surface area contributed by atoms with Crippen LogP contribution < -0.4 is 10.5 Å². The van der Waals surface area contributed by atoms with Gasteiger partial charge in [0.25, 0.3) is 0 Å². The first kappa shape index (κ1) is 14.7. The largest absolute Gasteiger partial charge is 0.452 e. The van der Waals surface area contributed by atoms with Crippen molar-refractivity contribution in [1.29, 1.82) is 5.41 Å². The molecule has 0 atom stereocenters. The summed E-state index contributed by atoms with van der Waals surface area (Å²) in [7, 11) is -2.76. The minimum atomic E-state index is -3.85. The normalized spacial score (nSPS) is 18.3. The number of hydrogen-bond acceptors (Lipinski definition) is 6. The molecule has 18 heavy (non-hydrogen) atoms. The van der Waals surface area contributed by atoms with Crippen molar-refractivity contribution in [2.24, 2.45) is 5.73 Å². The number of methoxy groups -OCH3 is 1. The maximum absolute atomic E-state index is 11.7. The van der Waals surface area contributed by atoms with Gasteiger partial charge in [0.1, 0.15) is 5.84 Å². The van der Waals surface area contributed by atoms with Crippen LogP contribution in [0.15, 0.2) is 0 Å². The SMILES string of the molecule is COC(=O)NS(=O)(=O)N1CCN(CC(=N)N)CC1. The van der Waals surface area contributed by atoms with Gasteiger partial charge in [-0.25, -0.2) is 9.52 Å². The molecular formula is C8H17N5O4S. The van der Waals surface area contributed by atoms with Gasteiger partial charge in [-0.3, -0.25) is 10.3 Å². The van der Waals surface area contributed by atoms with Gasteiger partial charge in [-0.05, 0) is 0 Å². The van der Waals surface area contributed by atoms with Crippen molar-refractivity contribution < 1.29 is 17.9 Å². The zero-order valence-corrected chi connectivity index (χ0v) is 10.9. The molecule has 1 aliphatic rings. The number of piperazine rings is 1. The monoisotopic (exact) mass is 279 g/mol. The molecule has 1 heterocycles. The van der Waals surface area contributed by atoms with Gasteiger partial charge in [0, 0.05) is 26.2 Å². The average Bonchev–Trinajstić information content (AvgIpc) is 2.28. The van der Waals surface area contributed by atoms with Gasteiger partial charge in [0.2, 0.25) is 0 Å². The van der Waals surface area contributed by atoms with Crippen LogP contribution in [0.1, 0.15) is 0 Å². The molecule has 104 valence electrons. The van der Waals surface area contributed by atoms with E-state index in [1.807, 2.05) is 4.90 Å². The van der Waals surface area contributed by atoms with Gasteiger partial charge >= 0.3 is 16.3 Å². The summed E-state index contributed by atoms with van der Waals surface area (Å²) in [5, 5.41) is 7.15. The molecule has 0 spiro atoms. The molecule has 1 fully saturated rings. The number of amidine groups is 1. The van der Waals surface area contributed by atoms with Crippen LogP contribution in [0.3, 0.4) is 0 Å². The Morgan fingerprint density at radius 2 is 1.94 bits per heavy atom. The zero-order valence-electron chi connectivity index (χ0n) is 10.0. The summed E-state index contributed by atoms with van der Waals surface area (Å²) < 4.78 is 30.6. The van der Waals surface area contributed by atoms with E-state index in [0.29, 0.717) is 19.6 Å². The fourth-order valence-corrected chi connectivity index (χ4v) is 2.65. The van der Waals surface area contributed by atoms with Crippen molar-refractivity contribution in [3.8, 4) is 0 Å². The van der Waals surface area contributed by atoms with Crippen LogP contribution >= 0.6 is 0 Å². The lowest BCUT2D eigenvalue weighted by Crippen LogP contribution is -2.54. The highest BCUT2D eigenvalue weighted by atomic mass is 32.2. The first-order chi connectivity index (χ1) is 8.35. The number of ether oxygens (including phenoxy) is 1. The van der Waals surface area contributed by atoms with Crippen molar-refractivity contribution in [3.05, 3.63) is 0 Å². The van der Waals surface area contributed by atoms with Gasteiger partial charge < -0.3 is 10.5 Å². The van der Waals surface area contributed by atoms with Crippen molar-refractivity contribution in [1.82, 2.24) is 13.9 Å². The number of nitrogens with two attached hydrogens (primary N) is 1. The predicted molar refractivity (Wildman–Crippen MR) is 64.4 cm³/mol. The zero-order chi connectivity index (χ0) is 13.8. The van der Waals surface area contributed by atoms with E-state index in [9.17, 15) is 13.2 Å².